The molecule has 1 N–H and O–H groups in total. The first-order valence-corrected chi connectivity index (χ1v) is 7.41. The molecule has 0 saturated carbocycles. The zero-order chi connectivity index (χ0) is 15.1. The molecule has 1 fully saturated rings. The number of ether oxygens (including phenoxy) is 2. The zero-order valence-electron chi connectivity index (χ0n) is 12.8. The highest BCUT2D eigenvalue weighted by atomic mass is 16.5. The number of amides is 2. The molecule has 1 aromatic rings. The molecular formula is C16H24N2O3. The van der Waals surface area contributed by atoms with E-state index in [2.05, 4.69) is 5.32 Å². The van der Waals surface area contributed by atoms with Gasteiger partial charge in [-0.05, 0) is 37.0 Å². The van der Waals surface area contributed by atoms with Gasteiger partial charge in [-0.3, -0.25) is 0 Å². The predicted molar refractivity (Wildman–Crippen MR) is 81.7 cm³/mol. The summed E-state index contributed by atoms with van der Waals surface area (Å²) in [5.74, 6) is 0.851. The number of nitrogens with zero attached hydrogens (tertiary/aromatic N) is 1. The third-order valence-electron chi connectivity index (χ3n) is 3.79. The topological polar surface area (TPSA) is 50.8 Å². The number of methoxy groups -OCH3 is 1. The minimum absolute atomic E-state index is 0.00425. The van der Waals surface area contributed by atoms with Crippen LogP contribution in [0.5, 0.6) is 5.75 Å². The molecule has 2 rings (SSSR count). The van der Waals surface area contributed by atoms with Crippen LogP contribution in [0.15, 0.2) is 24.3 Å². The number of likely N-dealkylation sites (N-methyl/N-ethyl adjacent to an activating group) is 1. The van der Waals surface area contributed by atoms with Crippen LogP contribution >= 0.6 is 0 Å². The molecule has 21 heavy (non-hydrogen) atoms. The van der Waals surface area contributed by atoms with Gasteiger partial charge >= 0.3 is 6.03 Å². The van der Waals surface area contributed by atoms with Gasteiger partial charge in [-0.1, -0.05) is 12.1 Å². The molecular weight excluding hydrogens is 268 g/mol. The maximum Gasteiger partial charge on any atom is 0.317 e. The summed E-state index contributed by atoms with van der Waals surface area (Å²) in [5.41, 5.74) is 1.20. The predicted octanol–water partition coefficient (Wildman–Crippen LogP) is 2.06. The van der Waals surface area contributed by atoms with E-state index in [1.54, 1.807) is 12.0 Å². The molecule has 1 aromatic carbocycles. The van der Waals surface area contributed by atoms with Crippen molar-refractivity contribution in [1.29, 1.82) is 0 Å². The number of carbonyl (C=O) groups excluding carboxylic acids is 1. The fourth-order valence-corrected chi connectivity index (χ4v) is 2.32. The number of urea groups is 1. The monoisotopic (exact) mass is 292 g/mol. The standard InChI is InChI=1S/C16H24N2O3/c1-18(16(19)17-14-8-11-21-12-9-14)10-7-13-3-5-15(20-2)6-4-13/h3-6,14H,7-12H2,1-2H3,(H,17,19). The normalized spacial score (nSPS) is 15.5. The van der Waals surface area contributed by atoms with Gasteiger partial charge < -0.3 is 19.7 Å². The summed E-state index contributed by atoms with van der Waals surface area (Å²) in [7, 11) is 3.49. The summed E-state index contributed by atoms with van der Waals surface area (Å²) in [6.07, 6.45) is 2.64. The average Bonchev–Trinajstić information content (AvgIpc) is 2.54. The molecule has 1 aliphatic rings. The third kappa shape index (κ3) is 4.93. The van der Waals surface area contributed by atoms with Crippen molar-refractivity contribution in [3.05, 3.63) is 29.8 Å². The van der Waals surface area contributed by atoms with E-state index in [-0.39, 0.29) is 12.1 Å². The van der Waals surface area contributed by atoms with Crippen molar-refractivity contribution in [2.45, 2.75) is 25.3 Å². The molecule has 5 heteroatoms. The molecule has 0 unspecified atom stereocenters. The lowest BCUT2D eigenvalue weighted by Crippen LogP contribution is -2.45. The Morgan fingerprint density at radius 2 is 2.00 bits per heavy atom. The second-order valence-corrected chi connectivity index (χ2v) is 5.36. The van der Waals surface area contributed by atoms with E-state index in [1.807, 2.05) is 31.3 Å². The molecule has 0 aromatic heterocycles. The summed E-state index contributed by atoms with van der Waals surface area (Å²) in [5, 5.41) is 3.06. The van der Waals surface area contributed by atoms with Gasteiger partial charge in [-0.15, -0.1) is 0 Å². The summed E-state index contributed by atoms with van der Waals surface area (Å²) in [4.78, 5) is 13.8. The fraction of sp³-hybridized carbons (Fsp3) is 0.562. The Morgan fingerprint density at radius 1 is 1.33 bits per heavy atom. The van der Waals surface area contributed by atoms with Crippen molar-refractivity contribution in [2.24, 2.45) is 0 Å². The lowest BCUT2D eigenvalue weighted by atomic mass is 10.1. The molecule has 0 radical (unpaired) electrons. The fourth-order valence-electron chi connectivity index (χ4n) is 2.32. The van der Waals surface area contributed by atoms with Crippen LogP contribution < -0.4 is 10.1 Å². The van der Waals surface area contributed by atoms with Gasteiger partial charge in [0, 0.05) is 32.8 Å². The van der Waals surface area contributed by atoms with E-state index in [0.29, 0.717) is 6.54 Å². The first-order valence-electron chi connectivity index (χ1n) is 7.41. The Bertz CT molecular complexity index is 441. The van der Waals surface area contributed by atoms with E-state index in [0.717, 1.165) is 38.2 Å². The summed E-state index contributed by atoms with van der Waals surface area (Å²) in [6.45, 7) is 2.17. The summed E-state index contributed by atoms with van der Waals surface area (Å²) >= 11 is 0. The first kappa shape index (κ1) is 15.6. The van der Waals surface area contributed by atoms with Crippen LogP contribution in [0.1, 0.15) is 18.4 Å². The van der Waals surface area contributed by atoms with Gasteiger partial charge in [0.05, 0.1) is 7.11 Å². The molecule has 1 saturated heterocycles. The highest BCUT2D eigenvalue weighted by molar-refractivity contribution is 5.74. The van der Waals surface area contributed by atoms with Crippen molar-refractivity contribution < 1.29 is 14.3 Å². The average molecular weight is 292 g/mol. The second-order valence-electron chi connectivity index (χ2n) is 5.36. The van der Waals surface area contributed by atoms with E-state index in [9.17, 15) is 4.79 Å². The highest BCUT2D eigenvalue weighted by Crippen LogP contribution is 2.12. The first-order chi connectivity index (χ1) is 10.2. The molecule has 116 valence electrons. The van der Waals surface area contributed by atoms with Crippen LogP contribution in [-0.2, 0) is 11.2 Å². The molecule has 0 aliphatic carbocycles. The van der Waals surface area contributed by atoms with Gasteiger partial charge in [-0.2, -0.15) is 0 Å². The van der Waals surface area contributed by atoms with Crippen LogP contribution in [0.4, 0.5) is 4.79 Å². The summed E-state index contributed by atoms with van der Waals surface area (Å²) in [6, 6.07) is 8.19. The molecule has 1 heterocycles. The smallest absolute Gasteiger partial charge is 0.317 e. The zero-order valence-corrected chi connectivity index (χ0v) is 12.8. The Balaban J connectivity index is 1.74. The van der Waals surface area contributed by atoms with Crippen molar-refractivity contribution in [2.75, 3.05) is 33.9 Å². The van der Waals surface area contributed by atoms with Crippen LogP contribution in [0.2, 0.25) is 0 Å². The number of rotatable bonds is 5. The number of benzene rings is 1. The van der Waals surface area contributed by atoms with Crippen molar-refractivity contribution in [3.63, 3.8) is 0 Å². The van der Waals surface area contributed by atoms with Gasteiger partial charge in [0.25, 0.3) is 0 Å². The Labute approximate surface area is 126 Å². The quantitative estimate of drug-likeness (QED) is 0.903. The van der Waals surface area contributed by atoms with E-state index >= 15 is 0 Å². The van der Waals surface area contributed by atoms with Gasteiger partial charge in [0.15, 0.2) is 0 Å². The van der Waals surface area contributed by atoms with Crippen LogP contribution in [0, 0.1) is 0 Å². The van der Waals surface area contributed by atoms with Gasteiger partial charge in [0.1, 0.15) is 5.75 Å². The van der Waals surface area contributed by atoms with E-state index in [1.165, 1.54) is 5.56 Å². The Kier molecular flexibility index (Phi) is 5.87. The molecule has 0 spiro atoms. The lowest BCUT2D eigenvalue weighted by Gasteiger charge is -2.26. The summed E-state index contributed by atoms with van der Waals surface area (Å²) < 4.78 is 10.4. The third-order valence-corrected chi connectivity index (χ3v) is 3.79. The largest absolute Gasteiger partial charge is 0.497 e. The molecule has 0 bridgehead atoms. The van der Waals surface area contributed by atoms with E-state index < -0.39 is 0 Å². The van der Waals surface area contributed by atoms with Crippen LogP contribution in [0.3, 0.4) is 0 Å². The maximum absolute atomic E-state index is 12.1. The van der Waals surface area contributed by atoms with Gasteiger partial charge in [-0.25, -0.2) is 4.79 Å². The molecule has 1 aliphatic heterocycles. The molecule has 2 amide bonds. The lowest BCUT2D eigenvalue weighted by molar-refractivity contribution is 0.0785. The van der Waals surface area contributed by atoms with Crippen LogP contribution in [-0.4, -0.2) is 50.9 Å². The minimum Gasteiger partial charge on any atom is -0.497 e. The minimum atomic E-state index is -0.00425. The number of hydrogen-bond donors (Lipinski definition) is 1. The SMILES string of the molecule is COc1ccc(CCN(C)C(=O)NC2CCOCC2)cc1. The van der Waals surface area contributed by atoms with E-state index in [4.69, 9.17) is 9.47 Å². The molecule has 5 nitrogen and oxygen atoms in total. The van der Waals surface area contributed by atoms with Crippen LogP contribution in [0.25, 0.3) is 0 Å². The second kappa shape index (κ2) is 7.88. The van der Waals surface area contributed by atoms with Gasteiger partial charge in [0.2, 0.25) is 0 Å². The van der Waals surface area contributed by atoms with Crippen molar-refractivity contribution in [3.8, 4) is 5.75 Å². The highest BCUT2D eigenvalue weighted by Gasteiger charge is 2.17. The van der Waals surface area contributed by atoms with Crippen molar-refractivity contribution in [1.82, 2.24) is 10.2 Å². The van der Waals surface area contributed by atoms with Crippen molar-refractivity contribution >= 4 is 6.03 Å². The number of hydrogen-bond acceptors (Lipinski definition) is 3. The Morgan fingerprint density at radius 3 is 2.62 bits per heavy atom. The molecule has 0 atom stereocenters. The number of carbonyl (C=O) groups is 1. The maximum atomic E-state index is 12.1. The number of nitrogens with one attached hydrogen (secondary N) is 1. The Hall–Kier alpha value is -1.75.